The zero-order valence-corrected chi connectivity index (χ0v) is 9.92. The van der Waals surface area contributed by atoms with Crippen LogP contribution in [0.5, 0.6) is 0 Å². The Morgan fingerprint density at radius 3 is 3.25 bits per heavy atom. The minimum absolute atomic E-state index is 0.0644. The third kappa shape index (κ3) is 2.09. The summed E-state index contributed by atoms with van der Waals surface area (Å²) in [5, 5.41) is 4.75. The van der Waals surface area contributed by atoms with E-state index in [9.17, 15) is 4.79 Å². The van der Waals surface area contributed by atoms with Gasteiger partial charge in [0.15, 0.2) is 0 Å². The number of nitrogens with one attached hydrogen (secondary N) is 1. The molecule has 1 aliphatic heterocycles. The quantitative estimate of drug-likeness (QED) is 0.788. The van der Waals surface area contributed by atoms with Crippen molar-refractivity contribution in [2.75, 3.05) is 13.2 Å². The van der Waals surface area contributed by atoms with Crippen LogP contribution in [0.15, 0.2) is 10.9 Å². The largest absolute Gasteiger partial charge is 0.379 e. The van der Waals surface area contributed by atoms with Crippen LogP contribution < -0.4 is 11.1 Å². The zero-order chi connectivity index (χ0) is 11.6. The first-order chi connectivity index (χ1) is 7.63. The number of hydrogen-bond acceptors (Lipinski definition) is 5. The topological polar surface area (TPSA) is 77.2 Å². The van der Waals surface area contributed by atoms with E-state index in [-0.39, 0.29) is 11.9 Å². The lowest BCUT2D eigenvalue weighted by atomic mass is 9.85. The van der Waals surface area contributed by atoms with Gasteiger partial charge in [0.1, 0.15) is 0 Å². The lowest BCUT2D eigenvalue weighted by Crippen LogP contribution is -2.49. The maximum atomic E-state index is 12.0. The van der Waals surface area contributed by atoms with Gasteiger partial charge in [0.2, 0.25) is 5.91 Å². The number of carbonyl (C=O) groups excluding carboxylic acids is 1. The fourth-order valence-electron chi connectivity index (χ4n) is 1.62. The smallest absolute Gasteiger partial charge is 0.230 e. The molecule has 2 atom stereocenters. The summed E-state index contributed by atoms with van der Waals surface area (Å²) < 4.78 is 5.23. The van der Waals surface area contributed by atoms with Gasteiger partial charge in [-0.3, -0.25) is 4.79 Å². The molecule has 88 valence electrons. The molecule has 2 rings (SSSR count). The SMILES string of the molecule is CC1(C(=O)NCc2cscn2)COCC1N. The van der Waals surface area contributed by atoms with Crippen LogP contribution in [0, 0.1) is 5.41 Å². The molecule has 1 fully saturated rings. The third-order valence-corrected chi connectivity index (χ3v) is 3.59. The molecule has 6 heteroatoms. The molecule has 0 radical (unpaired) electrons. The molecule has 1 amide bonds. The van der Waals surface area contributed by atoms with Gasteiger partial charge in [0.05, 0.1) is 36.4 Å². The van der Waals surface area contributed by atoms with E-state index in [2.05, 4.69) is 10.3 Å². The summed E-state index contributed by atoms with van der Waals surface area (Å²) >= 11 is 1.51. The van der Waals surface area contributed by atoms with Crippen molar-refractivity contribution in [1.29, 1.82) is 0 Å². The second kappa shape index (κ2) is 4.48. The van der Waals surface area contributed by atoms with Gasteiger partial charge in [-0.1, -0.05) is 0 Å². The van der Waals surface area contributed by atoms with Crippen LogP contribution in [-0.4, -0.2) is 30.1 Å². The van der Waals surface area contributed by atoms with Crippen LogP contribution in [0.2, 0.25) is 0 Å². The van der Waals surface area contributed by atoms with E-state index in [1.165, 1.54) is 11.3 Å². The summed E-state index contributed by atoms with van der Waals surface area (Å²) in [5.74, 6) is -0.0644. The van der Waals surface area contributed by atoms with Crippen LogP contribution in [0.3, 0.4) is 0 Å². The summed E-state index contributed by atoms with van der Waals surface area (Å²) in [6.45, 7) is 3.11. The second-order valence-corrected chi connectivity index (χ2v) is 4.92. The summed E-state index contributed by atoms with van der Waals surface area (Å²) in [4.78, 5) is 16.1. The highest BCUT2D eigenvalue weighted by atomic mass is 32.1. The summed E-state index contributed by atoms with van der Waals surface area (Å²) in [6.07, 6.45) is 0. The molecule has 0 bridgehead atoms. The molecule has 0 aliphatic carbocycles. The summed E-state index contributed by atoms with van der Waals surface area (Å²) in [7, 11) is 0. The molecular formula is C10H15N3O2S. The number of hydrogen-bond donors (Lipinski definition) is 2. The molecule has 0 spiro atoms. The van der Waals surface area contributed by atoms with E-state index in [0.717, 1.165) is 5.69 Å². The predicted octanol–water partition coefficient (Wildman–Crippen LogP) is 0.123. The standard InChI is InChI=1S/C10H15N3O2S/c1-10(5-15-3-8(10)11)9(14)12-2-7-4-16-6-13-7/h4,6,8H,2-3,5,11H2,1H3,(H,12,14). The Kier molecular flexibility index (Phi) is 3.22. The van der Waals surface area contributed by atoms with Gasteiger partial charge in [-0.15, -0.1) is 11.3 Å². The molecule has 1 saturated heterocycles. The van der Waals surface area contributed by atoms with Crippen LogP contribution in [0.1, 0.15) is 12.6 Å². The molecular weight excluding hydrogens is 226 g/mol. The number of aromatic nitrogens is 1. The minimum Gasteiger partial charge on any atom is -0.379 e. The molecule has 1 aromatic rings. The first-order valence-electron chi connectivity index (χ1n) is 5.11. The zero-order valence-electron chi connectivity index (χ0n) is 9.10. The number of thiazole rings is 1. The number of carbonyl (C=O) groups is 1. The fraction of sp³-hybridized carbons (Fsp3) is 0.600. The first kappa shape index (κ1) is 11.5. The molecule has 0 aromatic carbocycles. The summed E-state index contributed by atoms with van der Waals surface area (Å²) in [5.41, 5.74) is 7.86. The Hall–Kier alpha value is -0.980. The molecule has 2 unspecified atom stereocenters. The molecule has 0 saturated carbocycles. The van der Waals surface area contributed by atoms with E-state index in [0.29, 0.717) is 19.8 Å². The van der Waals surface area contributed by atoms with Crippen molar-refractivity contribution in [3.63, 3.8) is 0 Å². The lowest BCUT2D eigenvalue weighted by Gasteiger charge is -2.25. The number of nitrogens with zero attached hydrogens (tertiary/aromatic N) is 1. The van der Waals surface area contributed by atoms with Gasteiger partial charge < -0.3 is 15.8 Å². The Bertz CT molecular complexity index is 368. The fourth-order valence-corrected chi connectivity index (χ4v) is 2.18. The highest BCUT2D eigenvalue weighted by Crippen LogP contribution is 2.27. The molecule has 5 nitrogen and oxygen atoms in total. The average molecular weight is 241 g/mol. The van der Waals surface area contributed by atoms with Crippen molar-refractivity contribution < 1.29 is 9.53 Å². The van der Waals surface area contributed by atoms with Crippen LogP contribution in [0.4, 0.5) is 0 Å². The predicted molar refractivity (Wildman–Crippen MR) is 60.9 cm³/mol. The molecule has 3 N–H and O–H groups in total. The lowest BCUT2D eigenvalue weighted by molar-refractivity contribution is -0.130. The van der Waals surface area contributed by atoms with E-state index < -0.39 is 5.41 Å². The van der Waals surface area contributed by atoms with Crippen LogP contribution in [-0.2, 0) is 16.1 Å². The molecule has 1 aliphatic rings. The van der Waals surface area contributed by atoms with Crippen molar-refractivity contribution >= 4 is 17.2 Å². The van der Waals surface area contributed by atoms with E-state index in [1.54, 1.807) is 5.51 Å². The van der Waals surface area contributed by atoms with E-state index in [4.69, 9.17) is 10.5 Å². The Labute approximate surface area is 98.0 Å². The van der Waals surface area contributed by atoms with Gasteiger partial charge in [-0.05, 0) is 6.92 Å². The monoisotopic (exact) mass is 241 g/mol. The van der Waals surface area contributed by atoms with Crippen LogP contribution in [0.25, 0.3) is 0 Å². The number of rotatable bonds is 3. The minimum atomic E-state index is -0.615. The van der Waals surface area contributed by atoms with Gasteiger partial charge in [0, 0.05) is 11.4 Å². The summed E-state index contributed by atoms with van der Waals surface area (Å²) in [6, 6.07) is -0.233. The Morgan fingerprint density at radius 1 is 1.88 bits per heavy atom. The normalized spacial score (nSPS) is 29.2. The number of amides is 1. The van der Waals surface area contributed by atoms with Gasteiger partial charge in [-0.2, -0.15) is 0 Å². The van der Waals surface area contributed by atoms with Crippen LogP contribution >= 0.6 is 11.3 Å². The Morgan fingerprint density at radius 2 is 2.69 bits per heavy atom. The van der Waals surface area contributed by atoms with Crippen molar-refractivity contribution in [3.05, 3.63) is 16.6 Å². The van der Waals surface area contributed by atoms with Crippen molar-refractivity contribution in [2.24, 2.45) is 11.1 Å². The highest BCUT2D eigenvalue weighted by Gasteiger charge is 2.44. The van der Waals surface area contributed by atoms with Crippen molar-refractivity contribution in [1.82, 2.24) is 10.3 Å². The second-order valence-electron chi connectivity index (χ2n) is 4.20. The molecule has 16 heavy (non-hydrogen) atoms. The number of nitrogens with two attached hydrogens (primary N) is 1. The molecule has 2 heterocycles. The number of ether oxygens (including phenoxy) is 1. The van der Waals surface area contributed by atoms with Crippen molar-refractivity contribution in [3.8, 4) is 0 Å². The third-order valence-electron chi connectivity index (χ3n) is 2.95. The average Bonchev–Trinajstić information content (AvgIpc) is 2.87. The Balaban J connectivity index is 1.93. The molecule has 1 aromatic heterocycles. The van der Waals surface area contributed by atoms with Gasteiger partial charge in [0.25, 0.3) is 0 Å². The van der Waals surface area contributed by atoms with Gasteiger partial charge >= 0.3 is 0 Å². The van der Waals surface area contributed by atoms with E-state index in [1.807, 2.05) is 12.3 Å². The maximum absolute atomic E-state index is 12.0. The van der Waals surface area contributed by atoms with Crippen molar-refractivity contribution in [2.45, 2.75) is 19.5 Å². The van der Waals surface area contributed by atoms with Gasteiger partial charge in [-0.25, -0.2) is 4.98 Å². The first-order valence-corrected chi connectivity index (χ1v) is 6.06. The highest BCUT2D eigenvalue weighted by molar-refractivity contribution is 7.07. The maximum Gasteiger partial charge on any atom is 0.230 e. The van der Waals surface area contributed by atoms with E-state index >= 15 is 0 Å².